The molecule has 2 atom stereocenters. The molecule has 1 aliphatic rings. The number of hydrogen-bond donors (Lipinski definition) is 2. The highest BCUT2D eigenvalue weighted by atomic mass is 127. The number of aromatic nitrogens is 1. The summed E-state index contributed by atoms with van der Waals surface area (Å²) in [7, 11) is 0. The molecule has 0 aliphatic carbocycles. The van der Waals surface area contributed by atoms with Crippen LogP contribution in [-0.2, 0) is 6.42 Å². The Hall–Kier alpha value is -0.890. The molecule has 0 amide bonds. The van der Waals surface area contributed by atoms with Gasteiger partial charge in [0.2, 0.25) is 0 Å². The van der Waals surface area contributed by atoms with Crippen LogP contribution in [-0.4, -0.2) is 54.1 Å². The van der Waals surface area contributed by atoms with Gasteiger partial charge in [-0.05, 0) is 52.3 Å². The Morgan fingerprint density at radius 1 is 1.36 bits per heavy atom. The average molecular weight is 459 g/mol. The molecule has 1 aromatic heterocycles. The predicted octanol–water partition coefficient (Wildman–Crippen LogP) is 3.06. The quantitative estimate of drug-likeness (QED) is 0.374. The highest BCUT2D eigenvalue weighted by Crippen LogP contribution is 2.19. The van der Waals surface area contributed by atoms with E-state index in [0.717, 1.165) is 37.7 Å². The van der Waals surface area contributed by atoms with Crippen molar-refractivity contribution in [1.82, 2.24) is 20.5 Å². The molecule has 0 aromatic carbocycles. The van der Waals surface area contributed by atoms with Gasteiger partial charge < -0.3 is 10.6 Å². The van der Waals surface area contributed by atoms with Crippen LogP contribution < -0.4 is 10.6 Å². The first-order chi connectivity index (χ1) is 11.7. The summed E-state index contributed by atoms with van der Waals surface area (Å²) in [6.07, 6.45) is 6.75. The Labute approximate surface area is 170 Å². The Bertz CT molecular complexity index is 494. The largest absolute Gasteiger partial charge is 0.357 e. The van der Waals surface area contributed by atoms with Crippen molar-refractivity contribution in [2.75, 3.05) is 26.2 Å². The van der Waals surface area contributed by atoms with Crippen LogP contribution in [0.1, 0.15) is 45.7 Å². The van der Waals surface area contributed by atoms with Crippen molar-refractivity contribution >= 4 is 29.9 Å². The van der Waals surface area contributed by atoms with E-state index in [1.165, 1.54) is 25.8 Å². The highest BCUT2D eigenvalue weighted by Gasteiger charge is 2.22. The fourth-order valence-corrected chi connectivity index (χ4v) is 3.30. The van der Waals surface area contributed by atoms with Crippen LogP contribution in [0.4, 0.5) is 0 Å². The van der Waals surface area contributed by atoms with Crippen LogP contribution in [0.2, 0.25) is 0 Å². The van der Waals surface area contributed by atoms with Gasteiger partial charge in [-0.15, -0.1) is 24.0 Å². The van der Waals surface area contributed by atoms with E-state index in [0.29, 0.717) is 12.1 Å². The van der Waals surface area contributed by atoms with Crippen LogP contribution in [0.15, 0.2) is 29.4 Å². The number of halogens is 1. The molecule has 2 unspecified atom stereocenters. The summed E-state index contributed by atoms with van der Waals surface area (Å²) in [5.74, 6) is 0.907. The number of nitrogens with one attached hydrogen (secondary N) is 2. The molecule has 2 N–H and O–H groups in total. The van der Waals surface area contributed by atoms with Gasteiger partial charge in [0.1, 0.15) is 0 Å². The maximum atomic E-state index is 4.79. The highest BCUT2D eigenvalue weighted by molar-refractivity contribution is 14.0. The van der Waals surface area contributed by atoms with Gasteiger partial charge in [0.15, 0.2) is 5.96 Å². The predicted molar refractivity (Wildman–Crippen MR) is 117 cm³/mol. The molecule has 0 radical (unpaired) electrons. The summed E-state index contributed by atoms with van der Waals surface area (Å²) in [4.78, 5) is 11.7. The van der Waals surface area contributed by atoms with Gasteiger partial charge in [-0.25, -0.2) is 0 Å². The minimum atomic E-state index is 0. The van der Waals surface area contributed by atoms with Crippen LogP contribution in [0.5, 0.6) is 0 Å². The van der Waals surface area contributed by atoms with Crippen LogP contribution >= 0.6 is 24.0 Å². The maximum Gasteiger partial charge on any atom is 0.191 e. The van der Waals surface area contributed by atoms with E-state index in [9.17, 15) is 0 Å². The third-order valence-corrected chi connectivity index (χ3v) is 4.68. The number of aliphatic imine (C=N–C) groups is 1. The molecular weight excluding hydrogens is 425 g/mol. The van der Waals surface area contributed by atoms with Gasteiger partial charge in [-0.1, -0.05) is 12.5 Å². The fraction of sp³-hybridized carbons (Fsp3) is 0.684. The lowest BCUT2D eigenvalue weighted by Gasteiger charge is -2.37. The lowest BCUT2D eigenvalue weighted by molar-refractivity contribution is 0.118. The van der Waals surface area contributed by atoms with Crippen LogP contribution in [0.25, 0.3) is 0 Å². The van der Waals surface area contributed by atoms with Crippen molar-refractivity contribution < 1.29 is 0 Å². The molecule has 1 aliphatic heterocycles. The average Bonchev–Trinajstić information content (AvgIpc) is 2.60. The SMILES string of the molecule is CCNC(=NCC(C)N1CCCCC1C)NCCc1ccccn1.I. The molecule has 0 saturated carbocycles. The zero-order valence-corrected chi connectivity index (χ0v) is 18.2. The third kappa shape index (κ3) is 7.90. The zero-order valence-electron chi connectivity index (χ0n) is 15.9. The second-order valence-electron chi connectivity index (χ2n) is 6.65. The number of hydrogen-bond acceptors (Lipinski definition) is 3. The minimum absolute atomic E-state index is 0. The molecule has 2 heterocycles. The molecule has 1 fully saturated rings. The number of piperidine rings is 1. The van der Waals surface area contributed by atoms with Gasteiger partial charge in [-0.3, -0.25) is 14.9 Å². The molecule has 0 bridgehead atoms. The van der Waals surface area contributed by atoms with Gasteiger partial charge in [0, 0.05) is 43.5 Å². The Morgan fingerprint density at radius 3 is 2.88 bits per heavy atom. The summed E-state index contributed by atoms with van der Waals surface area (Å²) < 4.78 is 0. The van der Waals surface area contributed by atoms with Crippen molar-refractivity contribution in [3.63, 3.8) is 0 Å². The lowest BCUT2D eigenvalue weighted by atomic mass is 10.0. The van der Waals surface area contributed by atoms with E-state index in [1.54, 1.807) is 0 Å². The summed E-state index contributed by atoms with van der Waals surface area (Å²) in [6.45, 7) is 10.5. The van der Waals surface area contributed by atoms with E-state index in [4.69, 9.17) is 4.99 Å². The van der Waals surface area contributed by atoms with Gasteiger partial charge >= 0.3 is 0 Å². The molecular formula is C19H34IN5. The zero-order chi connectivity index (χ0) is 17.2. The first kappa shape index (κ1) is 22.2. The van der Waals surface area contributed by atoms with Crippen molar-refractivity contribution in [3.8, 4) is 0 Å². The number of guanidine groups is 1. The maximum absolute atomic E-state index is 4.79. The molecule has 6 heteroatoms. The number of pyridine rings is 1. The Morgan fingerprint density at radius 2 is 2.20 bits per heavy atom. The Balaban J connectivity index is 0.00000312. The van der Waals surface area contributed by atoms with E-state index < -0.39 is 0 Å². The second kappa shape index (κ2) is 12.5. The van der Waals surface area contributed by atoms with E-state index >= 15 is 0 Å². The smallest absolute Gasteiger partial charge is 0.191 e. The van der Waals surface area contributed by atoms with E-state index in [1.807, 2.05) is 18.3 Å². The normalized spacial score (nSPS) is 19.8. The molecule has 2 rings (SSSR count). The van der Waals surface area contributed by atoms with E-state index in [2.05, 4.69) is 47.4 Å². The number of nitrogens with zero attached hydrogens (tertiary/aromatic N) is 3. The van der Waals surface area contributed by atoms with Crippen molar-refractivity contribution in [1.29, 1.82) is 0 Å². The molecule has 1 aromatic rings. The van der Waals surface area contributed by atoms with Gasteiger partial charge in [0.25, 0.3) is 0 Å². The van der Waals surface area contributed by atoms with Crippen LogP contribution in [0.3, 0.4) is 0 Å². The molecule has 0 spiro atoms. The number of rotatable bonds is 7. The minimum Gasteiger partial charge on any atom is -0.357 e. The molecule has 142 valence electrons. The van der Waals surface area contributed by atoms with Gasteiger partial charge in [-0.2, -0.15) is 0 Å². The summed E-state index contributed by atoms with van der Waals surface area (Å²) in [5.41, 5.74) is 1.11. The first-order valence-corrected chi connectivity index (χ1v) is 9.38. The Kier molecular flexibility index (Phi) is 11.0. The van der Waals surface area contributed by atoms with Crippen molar-refractivity contribution in [2.45, 2.75) is 58.5 Å². The molecule has 5 nitrogen and oxygen atoms in total. The lowest BCUT2D eigenvalue weighted by Crippen LogP contribution is -2.45. The third-order valence-electron chi connectivity index (χ3n) is 4.68. The summed E-state index contributed by atoms with van der Waals surface area (Å²) in [6, 6.07) is 7.22. The van der Waals surface area contributed by atoms with Crippen molar-refractivity contribution in [2.24, 2.45) is 4.99 Å². The molecule has 1 saturated heterocycles. The summed E-state index contributed by atoms with van der Waals surface area (Å²) in [5, 5.41) is 6.76. The number of likely N-dealkylation sites (tertiary alicyclic amines) is 1. The second-order valence-corrected chi connectivity index (χ2v) is 6.65. The standard InChI is InChI=1S/C19H33N5.HI/c1-4-20-19(22-13-11-18-10-5-7-12-21-18)23-15-17(3)24-14-8-6-9-16(24)2;/h5,7,10,12,16-17H,4,6,8-9,11,13-15H2,1-3H3,(H2,20,22,23);1H. The van der Waals surface area contributed by atoms with Gasteiger partial charge in [0.05, 0.1) is 6.54 Å². The van der Waals surface area contributed by atoms with Crippen molar-refractivity contribution in [3.05, 3.63) is 30.1 Å². The topological polar surface area (TPSA) is 52.6 Å². The first-order valence-electron chi connectivity index (χ1n) is 9.38. The molecule has 25 heavy (non-hydrogen) atoms. The fourth-order valence-electron chi connectivity index (χ4n) is 3.30. The summed E-state index contributed by atoms with van der Waals surface area (Å²) >= 11 is 0. The monoisotopic (exact) mass is 459 g/mol. The van der Waals surface area contributed by atoms with E-state index in [-0.39, 0.29) is 24.0 Å². The van der Waals surface area contributed by atoms with Crippen LogP contribution in [0, 0.1) is 0 Å².